The van der Waals surface area contributed by atoms with E-state index in [0.717, 1.165) is 0 Å². The second-order valence-corrected chi connectivity index (χ2v) is 6.74. The van der Waals surface area contributed by atoms with Crippen molar-refractivity contribution in [3.63, 3.8) is 0 Å². The van der Waals surface area contributed by atoms with Crippen LogP contribution in [-0.4, -0.2) is 34.4 Å². The first kappa shape index (κ1) is 21.4. The van der Waals surface area contributed by atoms with Crippen LogP contribution in [0.5, 0.6) is 5.75 Å². The van der Waals surface area contributed by atoms with E-state index in [4.69, 9.17) is 9.15 Å². The Hall–Kier alpha value is -4.86. The third-order valence-electron chi connectivity index (χ3n) is 4.64. The highest BCUT2D eigenvalue weighted by Gasteiger charge is 2.14. The zero-order valence-corrected chi connectivity index (χ0v) is 17.3. The van der Waals surface area contributed by atoms with Crippen LogP contribution in [0.2, 0.25) is 0 Å². The number of ether oxygens (including phenoxy) is 1. The van der Waals surface area contributed by atoms with Crippen molar-refractivity contribution < 1.29 is 18.9 Å². The number of methoxy groups -OCH3 is 1. The summed E-state index contributed by atoms with van der Waals surface area (Å²) in [5.41, 5.74) is 4.71. The van der Waals surface area contributed by atoms with E-state index in [1.54, 1.807) is 37.4 Å². The highest BCUT2D eigenvalue weighted by molar-refractivity contribution is 5.95. The van der Waals surface area contributed by atoms with E-state index in [2.05, 4.69) is 20.7 Å². The summed E-state index contributed by atoms with van der Waals surface area (Å²) in [6, 6.07) is 19.7. The molecule has 1 heterocycles. The Morgan fingerprint density at radius 3 is 2.42 bits per heavy atom. The van der Waals surface area contributed by atoms with Crippen LogP contribution in [0.3, 0.4) is 0 Å². The third kappa shape index (κ3) is 4.90. The van der Waals surface area contributed by atoms with Crippen LogP contribution in [-0.2, 0) is 0 Å². The van der Waals surface area contributed by atoms with Crippen LogP contribution in [0.25, 0.3) is 22.9 Å². The maximum Gasteiger partial charge on any atom is 0.271 e. The lowest BCUT2D eigenvalue weighted by Gasteiger charge is -2.03. The van der Waals surface area contributed by atoms with Gasteiger partial charge >= 0.3 is 0 Å². The van der Waals surface area contributed by atoms with Gasteiger partial charge < -0.3 is 9.15 Å². The van der Waals surface area contributed by atoms with Gasteiger partial charge in [-0.1, -0.05) is 12.1 Å². The molecule has 0 saturated heterocycles. The van der Waals surface area contributed by atoms with Crippen LogP contribution in [0, 0.1) is 10.1 Å². The number of nitrogens with zero attached hydrogens (tertiary/aromatic N) is 4. The maximum atomic E-state index is 12.3. The molecule has 1 N–H and O–H groups in total. The summed E-state index contributed by atoms with van der Waals surface area (Å²) in [5, 5.41) is 22.7. The molecule has 0 saturated carbocycles. The van der Waals surface area contributed by atoms with Crippen molar-refractivity contribution in [2.24, 2.45) is 5.10 Å². The molecule has 4 rings (SSSR count). The number of non-ortho nitro benzene ring substituents is 1. The second kappa shape index (κ2) is 9.52. The molecule has 10 nitrogen and oxygen atoms in total. The minimum Gasteiger partial charge on any atom is -0.496 e. The van der Waals surface area contributed by atoms with Gasteiger partial charge in [0.1, 0.15) is 5.75 Å². The molecule has 33 heavy (non-hydrogen) atoms. The average Bonchev–Trinajstić information content (AvgIpc) is 3.34. The minimum atomic E-state index is -0.486. The number of hydrazone groups is 1. The second-order valence-electron chi connectivity index (χ2n) is 6.74. The molecule has 4 aromatic rings. The van der Waals surface area contributed by atoms with Gasteiger partial charge in [-0.15, -0.1) is 10.2 Å². The summed E-state index contributed by atoms with van der Waals surface area (Å²) in [6.07, 6.45) is 1.40. The maximum absolute atomic E-state index is 12.3. The van der Waals surface area contributed by atoms with Crippen molar-refractivity contribution in [1.82, 2.24) is 15.6 Å². The van der Waals surface area contributed by atoms with Crippen molar-refractivity contribution in [1.29, 1.82) is 0 Å². The molecular formula is C23H17N5O5. The summed E-state index contributed by atoms with van der Waals surface area (Å²) >= 11 is 0. The Labute approximate surface area is 187 Å². The van der Waals surface area contributed by atoms with E-state index in [1.165, 1.54) is 30.5 Å². The van der Waals surface area contributed by atoms with E-state index in [1.807, 2.05) is 18.2 Å². The van der Waals surface area contributed by atoms with Gasteiger partial charge in [0.2, 0.25) is 5.89 Å². The lowest BCUT2D eigenvalue weighted by atomic mass is 10.1. The van der Waals surface area contributed by atoms with Gasteiger partial charge in [-0.25, -0.2) is 5.43 Å². The molecule has 0 aliphatic heterocycles. The molecule has 3 aromatic carbocycles. The van der Waals surface area contributed by atoms with Gasteiger partial charge in [0.05, 0.1) is 23.8 Å². The quantitative estimate of drug-likeness (QED) is 0.258. The van der Waals surface area contributed by atoms with Gasteiger partial charge in [0.25, 0.3) is 17.5 Å². The lowest BCUT2D eigenvalue weighted by molar-refractivity contribution is -0.384. The van der Waals surface area contributed by atoms with E-state index in [-0.39, 0.29) is 5.69 Å². The zero-order valence-electron chi connectivity index (χ0n) is 17.3. The van der Waals surface area contributed by atoms with Gasteiger partial charge in [0.15, 0.2) is 0 Å². The number of aromatic nitrogens is 2. The zero-order chi connectivity index (χ0) is 23.2. The number of hydrogen-bond donors (Lipinski definition) is 1. The number of hydrogen-bond acceptors (Lipinski definition) is 8. The number of nitrogens with one attached hydrogen (secondary N) is 1. The first-order valence-electron chi connectivity index (χ1n) is 9.70. The first-order chi connectivity index (χ1) is 16.0. The molecule has 0 aliphatic carbocycles. The highest BCUT2D eigenvalue weighted by Crippen LogP contribution is 2.30. The number of para-hydroxylation sites is 1. The van der Waals surface area contributed by atoms with Crippen molar-refractivity contribution in [3.05, 3.63) is 94.0 Å². The molecule has 0 fully saturated rings. The van der Waals surface area contributed by atoms with Gasteiger partial charge in [-0.2, -0.15) is 5.10 Å². The summed E-state index contributed by atoms with van der Waals surface area (Å²) in [6.45, 7) is 0. The monoisotopic (exact) mass is 443 g/mol. The van der Waals surface area contributed by atoms with E-state index >= 15 is 0 Å². The number of nitro benzene ring substituents is 1. The fourth-order valence-electron chi connectivity index (χ4n) is 2.95. The molecule has 0 bridgehead atoms. The van der Waals surface area contributed by atoms with Crippen LogP contribution in [0.1, 0.15) is 15.9 Å². The molecule has 1 aromatic heterocycles. The molecule has 164 valence electrons. The van der Waals surface area contributed by atoms with E-state index in [0.29, 0.717) is 39.8 Å². The Balaban J connectivity index is 1.41. The number of nitro groups is 1. The van der Waals surface area contributed by atoms with Crippen molar-refractivity contribution >= 4 is 17.8 Å². The van der Waals surface area contributed by atoms with Gasteiger partial charge in [-0.05, 0) is 54.1 Å². The van der Waals surface area contributed by atoms with Gasteiger partial charge in [0, 0.05) is 23.3 Å². The third-order valence-corrected chi connectivity index (χ3v) is 4.64. The molecule has 0 spiro atoms. The number of amides is 1. The van der Waals surface area contributed by atoms with Crippen LogP contribution >= 0.6 is 0 Å². The fraction of sp³-hybridized carbons (Fsp3) is 0.0435. The standard InChI is InChI=1S/C23H17N5O5/c1-32-20-5-3-2-4-19(20)23-27-26-22(33-23)17-10-8-16(9-11-17)21(29)25-24-14-15-6-12-18(13-7-15)28(30)31/h2-14H,1H3,(H,25,29)/b24-14+. The minimum absolute atomic E-state index is 0.0208. The summed E-state index contributed by atoms with van der Waals surface area (Å²) < 4.78 is 11.1. The number of benzene rings is 3. The molecule has 0 radical (unpaired) electrons. The van der Waals surface area contributed by atoms with E-state index < -0.39 is 10.8 Å². The first-order valence-corrected chi connectivity index (χ1v) is 9.70. The molecule has 10 heteroatoms. The Kier molecular flexibility index (Phi) is 6.17. The SMILES string of the molecule is COc1ccccc1-c1nnc(-c2ccc(C(=O)N/N=C/c3ccc([N+](=O)[O-])cc3)cc2)o1. The van der Waals surface area contributed by atoms with Crippen LogP contribution in [0.4, 0.5) is 5.69 Å². The van der Waals surface area contributed by atoms with Crippen molar-refractivity contribution in [2.45, 2.75) is 0 Å². The number of carbonyl (C=O) groups excluding carboxylic acids is 1. The Bertz CT molecular complexity index is 1310. The topological polar surface area (TPSA) is 133 Å². The number of carbonyl (C=O) groups is 1. The molecule has 0 aliphatic rings. The predicted octanol–water partition coefficient (Wildman–Crippen LogP) is 4.08. The molecule has 0 unspecified atom stereocenters. The van der Waals surface area contributed by atoms with Gasteiger partial charge in [-0.3, -0.25) is 14.9 Å². The predicted molar refractivity (Wildman–Crippen MR) is 120 cm³/mol. The Morgan fingerprint density at radius 2 is 1.73 bits per heavy atom. The smallest absolute Gasteiger partial charge is 0.271 e. The van der Waals surface area contributed by atoms with Crippen molar-refractivity contribution in [3.8, 4) is 28.7 Å². The number of rotatable bonds is 7. The highest BCUT2D eigenvalue weighted by atomic mass is 16.6. The fourth-order valence-corrected chi connectivity index (χ4v) is 2.95. The normalized spacial score (nSPS) is 10.8. The van der Waals surface area contributed by atoms with Crippen LogP contribution < -0.4 is 10.2 Å². The Morgan fingerprint density at radius 1 is 1.03 bits per heavy atom. The summed E-state index contributed by atoms with van der Waals surface area (Å²) in [4.78, 5) is 22.5. The van der Waals surface area contributed by atoms with E-state index in [9.17, 15) is 14.9 Å². The molecular weight excluding hydrogens is 426 g/mol. The largest absolute Gasteiger partial charge is 0.496 e. The van der Waals surface area contributed by atoms with Crippen LogP contribution in [0.15, 0.2) is 82.3 Å². The molecule has 1 amide bonds. The summed E-state index contributed by atoms with van der Waals surface area (Å²) in [7, 11) is 1.57. The van der Waals surface area contributed by atoms with Crippen molar-refractivity contribution in [2.75, 3.05) is 7.11 Å². The summed E-state index contributed by atoms with van der Waals surface area (Å²) in [5.74, 6) is 0.831. The average molecular weight is 443 g/mol. The molecule has 0 atom stereocenters. The lowest BCUT2D eigenvalue weighted by Crippen LogP contribution is -2.17.